The molecule has 2 fully saturated rings. The molecule has 1 saturated heterocycles. The highest BCUT2D eigenvalue weighted by Crippen LogP contribution is 2.42. The lowest BCUT2D eigenvalue weighted by molar-refractivity contribution is -0.143. The Morgan fingerprint density at radius 3 is 2.26 bits per heavy atom. The third-order valence-corrected chi connectivity index (χ3v) is 8.97. The van der Waals surface area contributed by atoms with Gasteiger partial charge in [0.05, 0.1) is 23.7 Å². The first kappa shape index (κ1) is 30.2. The number of amides is 1. The van der Waals surface area contributed by atoms with Gasteiger partial charge < -0.3 is 9.64 Å². The molecule has 5 rings (SSSR count). The number of ether oxygens (including phenoxy) is 1. The molecule has 12 heteroatoms. The third kappa shape index (κ3) is 6.23. The zero-order valence-electron chi connectivity index (χ0n) is 23.1. The van der Waals surface area contributed by atoms with Crippen molar-refractivity contribution >= 4 is 23.2 Å². The highest BCUT2D eigenvalue weighted by Gasteiger charge is 2.43. The molecule has 1 aromatic carbocycles. The van der Waals surface area contributed by atoms with E-state index in [0.717, 1.165) is 41.7 Å². The van der Waals surface area contributed by atoms with Crippen LogP contribution in [0.5, 0.6) is 0 Å². The van der Waals surface area contributed by atoms with E-state index in [2.05, 4.69) is 4.90 Å². The number of anilines is 1. The van der Waals surface area contributed by atoms with E-state index in [9.17, 15) is 31.1 Å². The molecule has 0 bridgehead atoms. The van der Waals surface area contributed by atoms with Crippen LogP contribution in [0.2, 0.25) is 0 Å². The van der Waals surface area contributed by atoms with Crippen LogP contribution in [0.1, 0.15) is 74.3 Å². The fourth-order valence-corrected chi connectivity index (χ4v) is 6.62. The molecule has 2 aromatic heterocycles. The van der Waals surface area contributed by atoms with Gasteiger partial charge in [0.15, 0.2) is 0 Å². The molecular weight excluding hydrogens is 580 g/mol. The number of cyclic esters (lactones) is 1. The van der Waals surface area contributed by atoms with Crippen LogP contribution in [0.3, 0.4) is 0 Å². The number of pyridine rings is 1. The first-order chi connectivity index (χ1) is 19.9. The van der Waals surface area contributed by atoms with Crippen LogP contribution in [0, 0.1) is 0 Å². The monoisotopic (exact) mass is 611 g/mol. The third-order valence-electron chi connectivity index (χ3n) is 8.05. The smallest absolute Gasteiger partial charge is 0.416 e. The molecule has 0 N–H and O–H groups in total. The molecule has 0 spiro atoms. The summed E-state index contributed by atoms with van der Waals surface area (Å²) in [6.07, 6.45) is -4.92. The SMILES string of the molecule is CCN(c1ncc(-c2cccs2)cc1CN1C(=O)OC(c2cc(C(F)(F)F)cc(C(F)(F)F)c2)[C@@H]1C)C1CCCCC1. The zero-order valence-corrected chi connectivity index (χ0v) is 24.0. The van der Waals surface area contributed by atoms with Crippen LogP contribution < -0.4 is 4.90 Å². The van der Waals surface area contributed by atoms with Gasteiger partial charge >= 0.3 is 18.4 Å². The van der Waals surface area contributed by atoms with Crippen molar-refractivity contribution in [2.45, 2.75) is 83.0 Å². The van der Waals surface area contributed by atoms with Crippen LogP contribution in [0.4, 0.5) is 37.0 Å². The molecule has 3 heterocycles. The molecule has 3 aromatic rings. The first-order valence-corrected chi connectivity index (χ1v) is 14.8. The van der Waals surface area contributed by atoms with Crippen LogP contribution in [0.25, 0.3) is 10.4 Å². The van der Waals surface area contributed by atoms with E-state index in [1.807, 2.05) is 30.5 Å². The number of halogens is 6. The molecular formula is C30H31F6N3O2S. The Morgan fingerprint density at radius 1 is 1.02 bits per heavy atom. The molecule has 0 radical (unpaired) electrons. The van der Waals surface area contributed by atoms with Gasteiger partial charge in [-0.2, -0.15) is 26.3 Å². The number of nitrogens with zero attached hydrogens (tertiary/aromatic N) is 3. The van der Waals surface area contributed by atoms with Gasteiger partial charge in [-0.15, -0.1) is 11.3 Å². The number of alkyl halides is 6. The molecule has 1 aliphatic heterocycles. The quantitative estimate of drug-likeness (QED) is 0.250. The van der Waals surface area contributed by atoms with Crippen LogP contribution in [0.15, 0.2) is 48.0 Å². The summed E-state index contributed by atoms with van der Waals surface area (Å²) in [6, 6.07) is 6.59. The number of thiophene rings is 1. The molecule has 1 aliphatic carbocycles. The van der Waals surface area contributed by atoms with Gasteiger partial charge in [0.25, 0.3) is 0 Å². The van der Waals surface area contributed by atoms with E-state index in [1.165, 1.54) is 22.7 Å². The van der Waals surface area contributed by atoms with E-state index in [0.29, 0.717) is 24.5 Å². The predicted molar refractivity (Wildman–Crippen MR) is 148 cm³/mol. The molecule has 42 heavy (non-hydrogen) atoms. The second kappa shape index (κ2) is 11.8. The topological polar surface area (TPSA) is 45.7 Å². The van der Waals surface area contributed by atoms with Crippen molar-refractivity contribution < 1.29 is 35.9 Å². The van der Waals surface area contributed by atoms with Crippen molar-refractivity contribution in [3.63, 3.8) is 0 Å². The predicted octanol–water partition coefficient (Wildman–Crippen LogP) is 9.09. The summed E-state index contributed by atoms with van der Waals surface area (Å²) in [5.74, 6) is 0.714. The maximum absolute atomic E-state index is 13.5. The molecule has 1 unspecified atom stereocenters. The molecule has 1 amide bonds. The van der Waals surface area contributed by atoms with Crippen molar-refractivity contribution in [2.75, 3.05) is 11.4 Å². The van der Waals surface area contributed by atoms with Gasteiger partial charge in [0.2, 0.25) is 0 Å². The average molecular weight is 612 g/mol. The van der Waals surface area contributed by atoms with Crippen molar-refractivity contribution in [1.82, 2.24) is 9.88 Å². The maximum Gasteiger partial charge on any atom is 0.416 e. The van der Waals surface area contributed by atoms with Gasteiger partial charge in [-0.3, -0.25) is 4.90 Å². The summed E-state index contributed by atoms with van der Waals surface area (Å²) < 4.78 is 86.6. The highest BCUT2D eigenvalue weighted by molar-refractivity contribution is 7.13. The van der Waals surface area contributed by atoms with Crippen LogP contribution >= 0.6 is 11.3 Å². The van der Waals surface area contributed by atoms with Crippen molar-refractivity contribution in [3.8, 4) is 10.4 Å². The van der Waals surface area contributed by atoms with Crippen LogP contribution in [-0.4, -0.2) is 34.6 Å². The summed E-state index contributed by atoms with van der Waals surface area (Å²) in [5, 5.41) is 1.94. The molecule has 1 saturated carbocycles. The Kier molecular flexibility index (Phi) is 8.46. The second-order valence-corrected chi connectivity index (χ2v) is 11.7. The van der Waals surface area contributed by atoms with Crippen LogP contribution in [-0.2, 0) is 23.6 Å². The number of hydrogen-bond acceptors (Lipinski definition) is 5. The van der Waals surface area contributed by atoms with Gasteiger partial charge in [0, 0.05) is 34.8 Å². The first-order valence-electron chi connectivity index (χ1n) is 13.9. The minimum absolute atomic E-state index is 0.0341. The van der Waals surface area contributed by atoms with Crippen molar-refractivity contribution in [1.29, 1.82) is 0 Å². The van der Waals surface area contributed by atoms with E-state index >= 15 is 0 Å². The second-order valence-electron chi connectivity index (χ2n) is 10.8. The lowest BCUT2D eigenvalue weighted by atomic mass is 9.93. The van der Waals surface area contributed by atoms with E-state index in [4.69, 9.17) is 9.72 Å². The lowest BCUT2D eigenvalue weighted by Crippen LogP contribution is -2.39. The Balaban J connectivity index is 1.50. The zero-order chi connectivity index (χ0) is 30.2. The lowest BCUT2D eigenvalue weighted by Gasteiger charge is -2.36. The number of rotatable bonds is 7. The van der Waals surface area contributed by atoms with Gasteiger partial charge in [-0.1, -0.05) is 25.3 Å². The largest absolute Gasteiger partial charge is 0.439 e. The molecule has 2 atom stereocenters. The van der Waals surface area contributed by atoms with Gasteiger partial charge in [-0.05, 0) is 68.0 Å². The Hall–Kier alpha value is -3.28. The number of aromatic nitrogens is 1. The molecule has 226 valence electrons. The normalized spacial score (nSPS) is 20.2. The van der Waals surface area contributed by atoms with Crippen molar-refractivity contribution in [2.24, 2.45) is 0 Å². The Labute approximate surface area is 244 Å². The summed E-state index contributed by atoms with van der Waals surface area (Å²) in [6.45, 7) is 4.34. The average Bonchev–Trinajstić information content (AvgIpc) is 3.58. The van der Waals surface area contributed by atoms with Gasteiger partial charge in [-0.25, -0.2) is 9.78 Å². The Morgan fingerprint density at radius 2 is 1.69 bits per heavy atom. The van der Waals surface area contributed by atoms with E-state index < -0.39 is 41.7 Å². The highest BCUT2D eigenvalue weighted by atomic mass is 32.1. The van der Waals surface area contributed by atoms with E-state index in [1.54, 1.807) is 13.1 Å². The minimum atomic E-state index is -5.01. The maximum atomic E-state index is 13.5. The Bertz CT molecular complexity index is 1370. The standard InChI is InChI=1S/C30H31F6N3O2S/c1-3-38(24-8-5-4-6-9-24)27-21(12-20(16-37-27)25-10-7-11-42-25)17-39-18(2)26(41-28(39)40)19-13-22(29(31,32)33)15-23(14-19)30(34,35)36/h7,10-16,18,24,26H,3-6,8-9,17H2,1-2H3/t18-,26?/m0/s1. The summed E-state index contributed by atoms with van der Waals surface area (Å²) in [5.41, 5.74) is -1.67. The van der Waals surface area contributed by atoms with Gasteiger partial charge in [0.1, 0.15) is 11.9 Å². The van der Waals surface area contributed by atoms with E-state index in [-0.39, 0.29) is 24.2 Å². The molecule has 2 aliphatic rings. The summed E-state index contributed by atoms with van der Waals surface area (Å²) >= 11 is 1.54. The number of benzene rings is 1. The molecule has 5 nitrogen and oxygen atoms in total. The number of carbonyl (C=O) groups excluding carboxylic acids is 1. The van der Waals surface area contributed by atoms with Crippen molar-refractivity contribution in [3.05, 3.63) is 70.2 Å². The fourth-order valence-electron chi connectivity index (χ4n) is 5.92. The summed E-state index contributed by atoms with van der Waals surface area (Å²) in [7, 11) is 0. The number of hydrogen-bond donors (Lipinski definition) is 0. The minimum Gasteiger partial charge on any atom is -0.439 e. The number of carbonyl (C=O) groups is 1. The fraction of sp³-hybridized carbons (Fsp3) is 0.467. The summed E-state index contributed by atoms with van der Waals surface area (Å²) in [4.78, 5) is 22.5.